The van der Waals surface area contributed by atoms with E-state index in [2.05, 4.69) is 13.2 Å². The lowest BCUT2D eigenvalue weighted by molar-refractivity contribution is -0.143. The van der Waals surface area contributed by atoms with Crippen molar-refractivity contribution >= 4 is 29.8 Å². The Bertz CT molecular complexity index is 1520. The van der Waals surface area contributed by atoms with E-state index >= 15 is 0 Å². The van der Waals surface area contributed by atoms with Gasteiger partial charge in [0.15, 0.2) is 11.5 Å². The number of rotatable bonds is 19. The average Bonchev–Trinajstić information content (AvgIpc) is 3.26. The summed E-state index contributed by atoms with van der Waals surface area (Å²) in [6, 6.07) is 4.60. The highest BCUT2D eigenvalue weighted by atomic mass is 16.6. The number of ether oxygens (including phenoxy) is 5. The smallest absolute Gasteiger partial charge is 0.338 e. The minimum absolute atomic E-state index is 0.0910. The molecule has 0 spiro atoms. The Morgan fingerprint density at radius 2 is 0.966 bits per heavy atom. The standard InChI is InChI=1S/C48H68O10/c1-4-29-56-46(51)41-27-28-42(57-47(52)39-23-19-37(20-24-39)35-15-11-33(12-16-35)9-7-30-54-44(49)5-2)43(32-41)58-48(53)40-25-21-38(22-26-40)36-17-13-34(14-18-36)10-8-31-55-45(50)6-3/h5-6,27-28,32-40H,2-4,7-26,29-31H2,1H3/t33-,34?,35-,36?,37-,38?,39-,40?. The molecule has 1 aromatic carbocycles. The van der Waals surface area contributed by atoms with Crippen LogP contribution >= 0.6 is 0 Å². The summed E-state index contributed by atoms with van der Waals surface area (Å²) < 4.78 is 27.6. The Labute approximate surface area is 346 Å². The second-order valence-electron chi connectivity index (χ2n) is 17.5. The SMILES string of the molecule is C=CC(=O)OCCCC1CCC(C2CCC(C(=O)Oc3cc(C(=O)OCCC)ccc3OC(=O)[C@H]3CC[C@H]([C@H]4CC[C@H](CCCOC(=O)C=C)CC4)CC3)CC2)CC1. The van der Waals surface area contributed by atoms with Gasteiger partial charge in [-0.15, -0.1) is 0 Å². The van der Waals surface area contributed by atoms with Gasteiger partial charge in [0, 0.05) is 12.2 Å². The van der Waals surface area contributed by atoms with Crippen LogP contribution in [0, 0.1) is 47.3 Å². The predicted molar refractivity (Wildman–Crippen MR) is 221 cm³/mol. The molecule has 0 heterocycles. The first kappa shape index (κ1) is 45.1. The van der Waals surface area contributed by atoms with E-state index in [0.717, 1.165) is 77.0 Å². The molecule has 4 aliphatic carbocycles. The first-order valence-electron chi connectivity index (χ1n) is 22.5. The van der Waals surface area contributed by atoms with Crippen LogP contribution in [0.4, 0.5) is 0 Å². The maximum atomic E-state index is 13.6. The molecule has 0 N–H and O–H groups in total. The summed E-state index contributed by atoms with van der Waals surface area (Å²) in [5.74, 6) is 1.81. The quantitative estimate of drug-likeness (QED) is 0.0438. The molecule has 0 bridgehead atoms. The zero-order valence-corrected chi connectivity index (χ0v) is 35.0. The molecule has 1 aromatic rings. The normalized spacial score (nSPS) is 27.3. The molecule has 5 rings (SSSR count). The molecule has 10 heteroatoms. The molecule has 10 nitrogen and oxygen atoms in total. The van der Waals surface area contributed by atoms with E-state index in [1.54, 1.807) is 12.1 Å². The van der Waals surface area contributed by atoms with E-state index < -0.39 is 5.97 Å². The number of hydrogen-bond donors (Lipinski definition) is 0. The van der Waals surface area contributed by atoms with Gasteiger partial charge >= 0.3 is 29.8 Å². The third-order valence-electron chi connectivity index (χ3n) is 13.7. The Balaban J connectivity index is 1.08. The van der Waals surface area contributed by atoms with Crippen molar-refractivity contribution in [2.45, 2.75) is 142 Å². The Morgan fingerprint density at radius 3 is 1.38 bits per heavy atom. The van der Waals surface area contributed by atoms with Crippen LogP contribution in [0.25, 0.3) is 0 Å². The van der Waals surface area contributed by atoms with Gasteiger partial charge in [-0.25, -0.2) is 14.4 Å². The maximum absolute atomic E-state index is 13.6. The summed E-state index contributed by atoms with van der Waals surface area (Å²) in [5, 5.41) is 0. The van der Waals surface area contributed by atoms with Crippen molar-refractivity contribution in [2.24, 2.45) is 47.3 Å². The van der Waals surface area contributed by atoms with E-state index in [-0.39, 0.29) is 59.4 Å². The average molecular weight is 805 g/mol. The highest BCUT2D eigenvalue weighted by Gasteiger charge is 2.36. The Morgan fingerprint density at radius 1 is 0.552 bits per heavy atom. The van der Waals surface area contributed by atoms with Crippen molar-refractivity contribution in [2.75, 3.05) is 19.8 Å². The number of esters is 5. The summed E-state index contributed by atoms with van der Waals surface area (Å²) >= 11 is 0. The summed E-state index contributed by atoms with van der Waals surface area (Å²) in [7, 11) is 0. The van der Waals surface area contributed by atoms with Gasteiger partial charge in [-0.05, 0) is 163 Å². The summed E-state index contributed by atoms with van der Waals surface area (Å²) in [5.41, 5.74) is 0.250. The first-order chi connectivity index (χ1) is 28.2. The van der Waals surface area contributed by atoms with Crippen LogP contribution in [-0.2, 0) is 33.4 Å². The van der Waals surface area contributed by atoms with Crippen LogP contribution in [0.3, 0.4) is 0 Å². The number of carbonyl (C=O) groups is 5. The lowest BCUT2D eigenvalue weighted by Crippen LogP contribution is -2.31. The van der Waals surface area contributed by atoms with Crippen LogP contribution in [0.15, 0.2) is 43.5 Å². The van der Waals surface area contributed by atoms with Crippen molar-refractivity contribution in [1.82, 2.24) is 0 Å². The van der Waals surface area contributed by atoms with Gasteiger partial charge < -0.3 is 23.7 Å². The van der Waals surface area contributed by atoms with E-state index in [4.69, 9.17) is 23.7 Å². The molecular weight excluding hydrogens is 737 g/mol. The van der Waals surface area contributed by atoms with Gasteiger partial charge in [-0.3, -0.25) is 9.59 Å². The van der Waals surface area contributed by atoms with Crippen LogP contribution in [0.1, 0.15) is 152 Å². The molecule has 4 fully saturated rings. The number of hydrogen-bond acceptors (Lipinski definition) is 10. The molecule has 4 aliphatic rings. The fraction of sp³-hybridized carbons (Fsp3) is 0.688. The van der Waals surface area contributed by atoms with Crippen molar-refractivity contribution in [3.05, 3.63) is 49.1 Å². The molecule has 0 aliphatic heterocycles. The Hall–Kier alpha value is -3.95. The van der Waals surface area contributed by atoms with Gasteiger partial charge in [0.05, 0.1) is 37.2 Å². The van der Waals surface area contributed by atoms with E-state index in [9.17, 15) is 24.0 Å². The van der Waals surface area contributed by atoms with Crippen LogP contribution < -0.4 is 9.47 Å². The van der Waals surface area contributed by atoms with Crippen LogP contribution in [0.2, 0.25) is 0 Å². The van der Waals surface area contributed by atoms with Crippen molar-refractivity contribution in [1.29, 1.82) is 0 Å². The Kier molecular flexibility index (Phi) is 18.4. The predicted octanol–water partition coefficient (Wildman–Crippen LogP) is 10.3. The van der Waals surface area contributed by atoms with Gasteiger partial charge in [0.1, 0.15) is 0 Å². The minimum Gasteiger partial charge on any atom is -0.463 e. The molecule has 4 saturated carbocycles. The maximum Gasteiger partial charge on any atom is 0.338 e. The number of carbonyl (C=O) groups excluding carboxylic acids is 5. The second-order valence-corrected chi connectivity index (χ2v) is 17.5. The van der Waals surface area contributed by atoms with Gasteiger partial charge in [-0.2, -0.15) is 0 Å². The summed E-state index contributed by atoms with van der Waals surface area (Å²) in [6.45, 7) is 9.99. The summed E-state index contributed by atoms with van der Waals surface area (Å²) in [4.78, 5) is 62.6. The van der Waals surface area contributed by atoms with Crippen molar-refractivity contribution in [3.8, 4) is 11.5 Å². The highest BCUT2D eigenvalue weighted by molar-refractivity contribution is 5.91. The first-order valence-corrected chi connectivity index (χ1v) is 22.5. The van der Waals surface area contributed by atoms with Gasteiger partial charge in [0.25, 0.3) is 0 Å². The fourth-order valence-electron chi connectivity index (χ4n) is 10.2. The fourth-order valence-corrected chi connectivity index (χ4v) is 10.2. The lowest BCUT2D eigenvalue weighted by atomic mass is 9.68. The third-order valence-corrected chi connectivity index (χ3v) is 13.7. The highest BCUT2D eigenvalue weighted by Crippen LogP contribution is 2.44. The molecule has 0 atom stereocenters. The zero-order chi connectivity index (χ0) is 41.3. The van der Waals surface area contributed by atoms with Crippen LogP contribution in [-0.4, -0.2) is 49.7 Å². The molecular formula is C48H68O10. The largest absolute Gasteiger partial charge is 0.463 e. The lowest BCUT2D eigenvalue weighted by Gasteiger charge is -2.37. The van der Waals surface area contributed by atoms with E-state index in [1.165, 1.54) is 69.6 Å². The molecule has 0 saturated heterocycles. The van der Waals surface area contributed by atoms with Crippen molar-refractivity contribution < 1.29 is 47.7 Å². The zero-order valence-electron chi connectivity index (χ0n) is 35.0. The van der Waals surface area contributed by atoms with Gasteiger partial charge in [0.2, 0.25) is 0 Å². The van der Waals surface area contributed by atoms with E-state index in [1.807, 2.05) is 6.92 Å². The molecule has 0 unspecified atom stereocenters. The second kappa shape index (κ2) is 23.6. The molecule has 0 radical (unpaired) electrons. The van der Waals surface area contributed by atoms with E-state index in [0.29, 0.717) is 55.1 Å². The van der Waals surface area contributed by atoms with Gasteiger partial charge in [-0.1, -0.05) is 45.8 Å². The van der Waals surface area contributed by atoms with Crippen molar-refractivity contribution in [3.63, 3.8) is 0 Å². The summed E-state index contributed by atoms with van der Waals surface area (Å²) in [6.07, 6.45) is 23.7. The topological polar surface area (TPSA) is 132 Å². The van der Waals surface area contributed by atoms with Crippen LogP contribution in [0.5, 0.6) is 11.5 Å². The number of benzene rings is 1. The third kappa shape index (κ3) is 13.8. The molecule has 0 amide bonds. The minimum atomic E-state index is -0.509. The monoisotopic (exact) mass is 804 g/mol. The molecule has 0 aromatic heterocycles. The molecule has 320 valence electrons. The molecule has 58 heavy (non-hydrogen) atoms.